The van der Waals surface area contributed by atoms with Crippen molar-refractivity contribution in [3.8, 4) is 0 Å². The van der Waals surface area contributed by atoms with Gasteiger partial charge in [-0.25, -0.2) is 4.99 Å². The Kier molecular flexibility index (Phi) is 8.39. The van der Waals surface area contributed by atoms with Gasteiger partial charge >= 0.3 is 0 Å². The summed E-state index contributed by atoms with van der Waals surface area (Å²) in [6.07, 6.45) is 3.73. The van der Waals surface area contributed by atoms with Gasteiger partial charge in [0.25, 0.3) is 0 Å². The minimum absolute atomic E-state index is 0.335. The van der Waals surface area contributed by atoms with Gasteiger partial charge in [0.1, 0.15) is 5.60 Å². The number of piperidine rings is 1. The molecule has 1 aliphatic rings. The summed E-state index contributed by atoms with van der Waals surface area (Å²) >= 11 is 0. The van der Waals surface area contributed by atoms with Crippen LogP contribution in [0.1, 0.15) is 45.6 Å². The molecule has 5 nitrogen and oxygen atoms in total. The Labute approximate surface area is 158 Å². The average Bonchev–Trinajstić information content (AvgIpc) is 2.66. The minimum atomic E-state index is -0.963. The lowest BCUT2D eigenvalue weighted by molar-refractivity contribution is 0.0672. The molecule has 1 aliphatic heterocycles. The van der Waals surface area contributed by atoms with E-state index in [1.165, 1.54) is 38.9 Å². The van der Waals surface area contributed by atoms with Gasteiger partial charge in [-0.2, -0.15) is 0 Å². The van der Waals surface area contributed by atoms with Gasteiger partial charge in [-0.1, -0.05) is 37.3 Å². The van der Waals surface area contributed by atoms with Crippen molar-refractivity contribution in [2.45, 2.75) is 45.6 Å². The number of rotatable bonds is 8. The molecule has 1 aromatic rings. The Balaban J connectivity index is 1.85. The van der Waals surface area contributed by atoms with E-state index in [1.807, 2.05) is 37.3 Å². The SMILES string of the molecule is CCCN1CCC(CNC(=NCC(C)(O)c2ccccc2)NCC)CC1. The van der Waals surface area contributed by atoms with Gasteiger partial charge in [0.2, 0.25) is 0 Å². The second-order valence-electron chi connectivity index (χ2n) is 7.50. The maximum Gasteiger partial charge on any atom is 0.191 e. The van der Waals surface area contributed by atoms with E-state index in [1.54, 1.807) is 0 Å². The number of hydrogen-bond donors (Lipinski definition) is 3. The molecule has 3 N–H and O–H groups in total. The van der Waals surface area contributed by atoms with E-state index in [2.05, 4.69) is 34.4 Å². The van der Waals surface area contributed by atoms with Gasteiger partial charge in [-0.05, 0) is 64.2 Å². The molecule has 5 heteroatoms. The predicted octanol–water partition coefficient (Wildman–Crippen LogP) is 2.57. The van der Waals surface area contributed by atoms with Crippen LogP contribution < -0.4 is 10.6 Å². The first-order valence-corrected chi connectivity index (χ1v) is 10.1. The lowest BCUT2D eigenvalue weighted by Gasteiger charge is -2.32. The molecule has 2 rings (SSSR count). The van der Waals surface area contributed by atoms with E-state index < -0.39 is 5.60 Å². The standard InChI is InChI=1S/C21H36N4O/c1-4-13-25-14-11-18(12-15-25)16-23-20(22-5-2)24-17-21(3,26)19-9-7-6-8-10-19/h6-10,18,26H,4-5,11-17H2,1-3H3,(H2,22,23,24). The summed E-state index contributed by atoms with van der Waals surface area (Å²) < 4.78 is 0. The molecule has 146 valence electrons. The molecule has 0 aliphatic carbocycles. The van der Waals surface area contributed by atoms with E-state index in [4.69, 9.17) is 0 Å². The molecule has 1 aromatic carbocycles. The fraction of sp³-hybridized carbons (Fsp3) is 0.667. The van der Waals surface area contributed by atoms with E-state index in [0.717, 1.165) is 24.6 Å². The Morgan fingerprint density at radius 2 is 1.88 bits per heavy atom. The van der Waals surface area contributed by atoms with Gasteiger partial charge in [-0.15, -0.1) is 0 Å². The molecule has 0 saturated carbocycles. The molecule has 1 saturated heterocycles. The number of guanidine groups is 1. The third-order valence-electron chi connectivity index (χ3n) is 5.09. The first kappa shape index (κ1) is 20.7. The number of likely N-dealkylation sites (tertiary alicyclic amines) is 1. The summed E-state index contributed by atoms with van der Waals surface area (Å²) in [5.74, 6) is 1.49. The summed E-state index contributed by atoms with van der Waals surface area (Å²) in [6.45, 7) is 11.9. The molecule has 26 heavy (non-hydrogen) atoms. The molecule has 1 atom stereocenters. The van der Waals surface area contributed by atoms with Gasteiger partial charge in [0.15, 0.2) is 5.96 Å². The summed E-state index contributed by atoms with van der Waals surface area (Å²) in [7, 11) is 0. The van der Waals surface area contributed by atoms with Crippen LogP contribution >= 0.6 is 0 Å². The average molecular weight is 361 g/mol. The minimum Gasteiger partial charge on any atom is -0.384 e. The fourth-order valence-electron chi connectivity index (χ4n) is 3.43. The molecule has 0 aromatic heterocycles. The van der Waals surface area contributed by atoms with Crippen LogP contribution in [0.2, 0.25) is 0 Å². The van der Waals surface area contributed by atoms with E-state index in [9.17, 15) is 5.11 Å². The van der Waals surface area contributed by atoms with Crippen LogP contribution in [0.4, 0.5) is 0 Å². The molecule has 0 radical (unpaired) electrons. The van der Waals surface area contributed by atoms with Crippen LogP contribution in [0.15, 0.2) is 35.3 Å². The number of aliphatic imine (C=N–C) groups is 1. The summed E-state index contributed by atoms with van der Waals surface area (Å²) in [4.78, 5) is 7.19. The second kappa shape index (κ2) is 10.5. The number of benzene rings is 1. The molecule has 0 bridgehead atoms. The second-order valence-corrected chi connectivity index (χ2v) is 7.50. The number of nitrogens with zero attached hydrogens (tertiary/aromatic N) is 2. The van der Waals surface area contributed by atoms with Gasteiger partial charge < -0.3 is 20.6 Å². The van der Waals surface area contributed by atoms with Gasteiger partial charge in [0, 0.05) is 13.1 Å². The van der Waals surface area contributed by atoms with Crippen LogP contribution in [0.25, 0.3) is 0 Å². The van der Waals surface area contributed by atoms with Crippen LogP contribution in [-0.4, -0.2) is 55.2 Å². The van der Waals surface area contributed by atoms with Crippen molar-refractivity contribution in [1.29, 1.82) is 0 Å². The van der Waals surface area contributed by atoms with Crippen molar-refractivity contribution in [2.24, 2.45) is 10.9 Å². The maximum absolute atomic E-state index is 10.7. The Morgan fingerprint density at radius 1 is 1.19 bits per heavy atom. The Bertz CT molecular complexity index is 536. The quantitative estimate of drug-likeness (QED) is 0.493. The number of hydrogen-bond acceptors (Lipinski definition) is 3. The molecule has 0 amide bonds. The Morgan fingerprint density at radius 3 is 2.50 bits per heavy atom. The highest BCUT2D eigenvalue weighted by molar-refractivity contribution is 5.79. The largest absolute Gasteiger partial charge is 0.384 e. The van der Waals surface area contributed by atoms with Gasteiger partial charge in [-0.3, -0.25) is 0 Å². The smallest absolute Gasteiger partial charge is 0.191 e. The van der Waals surface area contributed by atoms with Crippen molar-refractivity contribution < 1.29 is 5.11 Å². The zero-order valence-electron chi connectivity index (χ0n) is 16.7. The molecular weight excluding hydrogens is 324 g/mol. The zero-order valence-corrected chi connectivity index (χ0v) is 16.7. The van der Waals surface area contributed by atoms with Crippen LogP contribution in [0.5, 0.6) is 0 Å². The van der Waals surface area contributed by atoms with Crippen molar-refractivity contribution in [3.05, 3.63) is 35.9 Å². The third-order valence-corrected chi connectivity index (χ3v) is 5.09. The van der Waals surface area contributed by atoms with Crippen LogP contribution in [0, 0.1) is 5.92 Å². The maximum atomic E-state index is 10.7. The van der Waals surface area contributed by atoms with E-state index >= 15 is 0 Å². The number of nitrogens with one attached hydrogen (secondary N) is 2. The normalized spacial score (nSPS) is 19.2. The molecule has 1 heterocycles. The number of aliphatic hydroxyl groups is 1. The third kappa shape index (κ3) is 6.61. The highest BCUT2D eigenvalue weighted by Gasteiger charge is 2.23. The summed E-state index contributed by atoms with van der Waals surface area (Å²) in [6, 6.07) is 9.74. The highest BCUT2D eigenvalue weighted by Crippen LogP contribution is 2.20. The first-order chi connectivity index (χ1) is 12.5. The van der Waals surface area contributed by atoms with Crippen molar-refractivity contribution >= 4 is 5.96 Å². The topological polar surface area (TPSA) is 59.9 Å². The van der Waals surface area contributed by atoms with Crippen molar-refractivity contribution in [2.75, 3.05) is 39.3 Å². The molecule has 1 fully saturated rings. The van der Waals surface area contributed by atoms with Crippen LogP contribution in [-0.2, 0) is 5.60 Å². The monoisotopic (exact) mass is 360 g/mol. The zero-order chi connectivity index (χ0) is 18.8. The summed E-state index contributed by atoms with van der Waals surface area (Å²) in [5.41, 5.74) is -0.0716. The highest BCUT2D eigenvalue weighted by atomic mass is 16.3. The Hall–Kier alpha value is -1.59. The van der Waals surface area contributed by atoms with Crippen molar-refractivity contribution in [3.63, 3.8) is 0 Å². The van der Waals surface area contributed by atoms with Gasteiger partial charge in [0.05, 0.1) is 6.54 Å². The fourth-order valence-corrected chi connectivity index (χ4v) is 3.43. The molecule has 0 spiro atoms. The van der Waals surface area contributed by atoms with E-state index in [0.29, 0.717) is 12.5 Å². The molecule has 1 unspecified atom stereocenters. The summed E-state index contributed by atoms with van der Waals surface area (Å²) in [5, 5.41) is 17.5. The first-order valence-electron chi connectivity index (χ1n) is 10.1. The lowest BCUT2D eigenvalue weighted by Crippen LogP contribution is -2.43. The van der Waals surface area contributed by atoms with E-state index in [-0.39, 0.29) is 0 Å². The lowest BCUT2D eigenvalue weighted by atomic mass is 9.96. The predicted molar refractivity (Wildman–Crippen MR) is 109 cm³/mol. The van der Waals surface area contributed by atoms with Crippen LogP contribution in [0.3, 0.4) is 0 Å². The molecular formula is C21H36N4O. The van der Waals surface area contributed by atoms with Crippen molar-refractivity contribution in [1.82, 2.24) is 15.5 Å².